The third kappa shape index (κ3) is 1.66. The average Bonchev–Trinajstić information content (AvgIpc) is 2.93. The first-order valence-electron chi connectivity index (χ1n) is 7.25. The van der Waals surface area contributed by atoms with E-state index in [1.807, 2.05) is 11.3 Å². The lowest BCUT2D eigenvalue weighted by molar-refractivity contribution is 0.226. The van der Waals surface area contributed by atoms with E-state index >= 15 is 0 Å². The fraction of sp³-hybridized carbons (Fsp3) is 0.786. The Balaban J connectivity index is 1.65. The summed E-state index contributed by atoms with van der Waals surface area (Å²) in [7, 11) is 2.30. The molecule has 0 radical (unpaired) electrons. The van der Waals surface area contributed by atoms with Crippen molar-refractivity contribution in [1.29, 1.82) is 0 Å². The molecule has 3 unspecified atom stereocenters. The van der Waals surface area contributed by atoms with E-state index < -0.39 is 0 Å². The van der Waals surface area contributed by atoms with Crippen LogP contribution in [0.5, 0.6) is 0 Å². The minimum absolute atomic E-state index is 0.679. The maximum atomic E-state index is 5.00. The molecule has 1 N–H and O–H groups in total. The smallest absolute Gasteiger partial charge is 0.0975 e. The van der Waals surface area contributed by atoms with Gasteiger partial charge in [0.25, 0.3) is 0 Å². The third-order valence-electron chi connectivity index (χ3n) is 4.96. The van der Waals surface area contributed by atoms with Gasteiger partial charge < -0.3 is 5.32 Å². The van der Waals surface area contributed by atoms with Crippen LogP contribution in [0, 0.1) is 0 Å². The van der Waals surface area contributed by atoms with E-state index in [4.69, 9.17) is 4.98 Å². The van der Waals surface area contributed by atoms with Gasteiger partial charge in [-0.2, -0.15) is 0 Å². The number of aromatic nitrogens is 1. The average molecular weight is 263 g/mol. The van der Waals surface area contributed by atoms with E-state index in [1.54, 1.807) is 4.88 Å². The first kappa shape index (κ1) is 11.4. The quantitative estimate of drug-likeness (QED) is 0.842. The summed E-state index contributed by atoms with van der Waals surface area (Å²) in [6.45, 7) is 2.32. The Morgan fingerprint density at radius 3 is 3.11 bits per heavy atom. The van der Waals surface area contributed by atoms with E-state index in [-0.39, 0.29) is 0 Å². The van der Waals surface area contributed by atoms with Gasteiger partial charge in [0, 0.05) is 35.8 Å². The van der Waals surface area contributed by atoms with Crippen LogP contribution in [0.15, 0.2) is 0 Å². The van der Waals surface area contributed by atoms with Crippen molar-refractivity contribution in [3.63, 3.8) is 0 Å². The molecule has 0 aromatic carbocycles. The molecule has 18 heavy (non-hydrogen) atoms. The van der Waals surface area contributed by atoms with Crippen LogP contribution in [0.25, 0.3) is 0 Å². The summed E-state index contributed by atoms with van der Waals surface area (Å²) in [6.07, 6.45) is 6.53. The van der Waals surface area contributed by atoms with Crippen LogP contribution in [-0.4, -0.2) is 36.1 Å². The molecule has 2 saturated heterocycles. The van der Waals surface area contributed by atoms with Gasteiger partial charge in [-0.05, 0) is 39.3 Å². The van der Waals surface area contributed by atoms with Crippen molar-refractivity contribution in [2.24, 2.45) is 0 Å². The molecule has 0 amide bonds. The molecule has 1 aromatic rings. The zero-order valence-corrected chi connectivity index (χ0v) is 11.8. The summed E-state index contributed by atoms with van der Waals surface area (Å²) in [6, 6.07) is 1.45. The fourth-order valence-corrected chi connectivity index (χ4v) is 5.24. The van der Waals surface area contributed by atoms with E-state index in [2.05, 4.69) is 17.3 Å². The van der Waals surface area contributed by atoms with Crippen molar-refractivity contribution in [3.8, 4) is 0 Å². The number of piperidine rings is 1. The highest BCUT2D eigenvalue weighted by molar-refractivity contribution is 7.12. The summed E-state index contributed by atoms with van der Waals surface area (Å²) < 4.78 is 0. The molecular weight excluding hydrogens is 242 g/mol. The van der Waals surface area contributed by atoms with Crippen LogP contribution < -0.4 is 5.32 Å². The van der Waals surface area contributed by atoms with Gasteiger partial charge in [0.1, 0.15) is 0 Å². The monoisotopic (exact) mass is 263 g/mol. The van der Waals surface area contributed by atoms with E-state index in [0.717, 1.165) is 12.6 Å². The number of likely N-dealkylation sites (N-methyl/N-ethyl adjacent to an activating group) is 1. The number of nitrogens with one attached hydrogen (secondary N) is 1. The Morgan fingerprint density at radius 1 is 1.33 bits per heavy atom. The van der Waals surface area contributed by atoms with Crippen molar-refractivity contribution in [3.05, 3.63) is 15.6 Å². The second kappa shape index (κ2) is 4.29. The molecule has 3 aliphatic rings. The van der Waals surface area contributed by atoms with Crippen molar-refractivity contribution in [2.45, 2.75) is 50.1 Å². The molecule has 4 rings (SSSR count). The molecule has 0 spiro atoms. The molecule has 3 atom stereocenters. The summed E-state index contributed by atoms with van der Waals surface area (Å²) in [5.74, 6) is 0.679. The molecule has 4 heterocycles. The molecule has 0 aliphatic carbocycles. The van der Waals surface area contributed by atoms with Crippen LogP contribution in [0.4, 0.5) is 0 Å². The minimum Gasteiger partial charge on any atom is -0.316 e. The second-order valence-electron chi connectivity index (χ2n) is 6.02. The first-order valence-corrected chi connectivity index (χ1v) is 8.06. The Hall–Kier alpha value is -0.450. The highest BCUT2D eigenvalue weighted by Gasteiger charge is 2.40. The van der Waals surface area contributed by atoms with Gasteiger partial charge in [-0.3, -0.25) is 4.90 Å². The van der Waals surface area contributed by atoms with Crippen molar-refractivity contribution < 1.29 is 0 Å². The highest BCUT2D eigenvalue weighted by Crippen LogP contribution is 2.46. The normalized spacial score (nSPS) is 35.7. The van der Waals surface area contributed by atoms with Crippen molar-refractivity contribution in [2.75, 3.05) is 20.1 Å². The Labute approximate surface area is 113 Å². The number of hydrogen-bond donors (Lipinski definition) is 1. The molecule has 1 aromatic heterocycles. The summed E-state index contributed by atoms with van der Waals surface area (Å²) in [5.41, 5.74) is 1.44. The molecule has 2 bridgehead atoms. The van der Waals surface area contributed by atoms with E-state index in [0.29, 0.717) is 12.0 Å². The number of fused-ring (bicyclic) bond motifs is 4. The van der Waals surface area contributed by atoms with Crippen LogP contribution in [0.2, 0.25) is 0 Å². The van der Waals surface area contributed by atoms with Gasteiger partial charge >= 0.3 is 0 Å². The maximum absolute atomic E-state index is 5.00. The number of thiazole rings is 1. The maximum Gasteiger partial charge on any atom is 0.0975 e. The number of hydrogen-bond acceptors (Lipinski definition) is 4. The summed E-state index contributed by atoms with van der Waals surface area (Å²) in [4.78, 5) is 9.18. The predicted octanol–water partition coefficient (Wildman–Crippen LogP) is 2.30. The zero-order valence-electron chi connectivity index (χ0n) is 11.0. The van der Waals surface area contributed by atoms with Crippen LogP contribution in [0.1, 0.15) is 53.2 Å². The number of rotatable bonds is 1. The van der Waals surface area contributed by atoms with Crippen molar-refractivity contribution in [1.82, 2.24) is 15.2 Å². The predicted molar refractivity (Wildman–Crippen MR) is 74.2 cm³/mol. The van der Waals surface area contributed by atoms with E-state index in [9.17, 15) is 0 Å². The lowest BCUT2D eigenvalue weighted by atomic mass is 10.0. The molecule has 4 heteroatoms. The lowest BCUT2D eigenvalue weighted by Crippen LogP contribution is -2.33. The van der Waals surface area contributed by atoms with E-state index in [1.165, 1.54) is 49.4 Å². The molecule has 3 aliphatic heterocycles. The lowest BCUT2D eigenvalue weighted by Gasteiger charge is -2.29. The van der Waals surface area contributed by atoms with Gasteiger partial charge in [0.15, 0.2) is 0 Å². The SMILES string of the molecule is CN1C2CCC1c1sc(C3CCCNC3)nc1C2. The van der Waals surface area contributed by atoms with Crippen LogP contribution in [-0.2, 0) is 6.42 Å². The zero-order chi connectivity index (χ0) is 12.1. The van der Waals surface area contributed by atoms with Crippen molar-refractivity contribution >= 4 is 11.3 Å². The first-order chi connectivity index (χ1) is 8.83. The standard InChI is InChI=1S/C14H21N3S/c1-17-10-4-5-12(17)13-11(7-10)16-14(18-13)9-3-2-6-15-8-9/h9-10,12,15H,2-8H2,1H3. The molecule has 0 saturated carbocycles. The highest BCUT2D eigenvalue weighted by atomic mass is 32.1. The van der Waals surface area contributed by atoms with Gasteiger partial charge in [0.2, 0.25) is 0 Å². The Bertz CT molecular complexity index is 450. The largest absolute Gasteiger partial charge is 0.316 e. The molecular formula is C14H21N3S. The summed E-state index contributed by atoms with van der Waals surface area (Å²) >= 11 is 2.01. The summed E-state index contributed by atoms with van der Waals surface area (Å²) in [5, 5.41) is 4.92. The van der Waals surface area contributed by atoms with Gasteiger partial charge in [0.05, 0.1) is 10.7 Å². The molecule has 3 nitrogen and oxygen atoms in total. The third-order valence-corrected chi connectivity index (χ3v) is 6.32. The minimum atomic E-state index is 0.679. The Kier molecular flexibility index (Phi) is 2.71. The fourth-order valence-electron chi connectivity index (χ4n) is 3.82. The Morgan fingerprint density at radius 2 is 2.28 bits per heavy atom. The topological polar surface area (TPSA) is 28.2 Å². The second-order valence-corrected chi connectivity index (χ2v) is 7.09. The van der Waals surface area contributed by atoms with Crippen LogP contribution in [0.3, 0.4) is 0 Å². The van der Waals surface area contributed by atoms with Crippen LogP contribution >= 0.6 is 11.3 Å². The van der Waals surface area contributed by atoms with Gasteiger partial charge in [-0.1, -0.05) is 0 Å². The molecule has 2 fully saturated rings. The van der Waals surface area contributed by atoms with Gasteiger partial charge in [-0.15, -0.1) is 11.3 Å². The van der Waals surface area contributed by atoms with Gasteiger partial charge in [-0.25, -0.2) is 4.98 Å². The molecule has 98 valence electrons. The number of nitrogens with zero attached hydrogens (tertiary/aromatic N) is 2.